The number of benzene rings is 2. The van der Waals surface area contributed by atoms with Gasteiger partial charge in [0.05, 0.1) is 25.8 Å². The molecule has 3 aromatic rings. The van der Waals surface area contributed by atoms with E-state index in [2.05, 4.69) is 55.2 Å². The molecule has 0 radical (unpaired) electrons. The van der Waals surface area contributed by atoms with Gasteiger partial charge in [-0.1, -0.05) is 108 Å². The van der Waals surface area contributed by atoms with Gasteiger partial charge in [-0.3, -0.25) is 4.79 Å². The van der Waals surface area contributed by atoms with Crippen LogP contribution in [0.15, 0.2) is 60.9 Å². The maximum atomic E-state index is 13.2. The van der Waals surface area contributed by atoms with Crippen LogP contribution in [0.4, 0.5) is 5.69 Å². The van der Waals surface area contributed by atoms with Gasteiger partial charge >= 0.3 is 0 Å². The van der Waals surface area contributed by atoms with Gasteiger partial charge in [-0.05, 0) is 38.5 Å². The first kappa shape index (κ1) is 33.2. The van der Waals surface area contributed by atoms with Crippen LogP contribution in [0, 0.1) is 13.8 Å². The predicted octanol–water partition coefficient (Wildman–Crippen LogP) is 8.91. The van der Waals surface area contributed by atoms with Gasteiger partial charge in [0.1, 0.15) is 0 Å². The van der Waals surface area contributed by atoms with Gasteiger partial charge in [0.25, 0.3) is 0 Å². The van der Waals surface area contributed by atoms with E-state index in [-0.39, 0.29) is 12.3 Å². The number of aryl methyl sites for hydroxylation is 2. The highest BCUT2D eigenvalue weighted by molar-refractivity contribution is 5.93. The lowest BCUT2D eigenvalue weighted by Crippen LogP contribution is -2.34. The van der Waals surface area contributed by atoms with Gasteiger partial charge in [-0.15, -0.1) is 0 Å². The van der Waals surface area contributed by atoms with Crippen LogP contribution < -0.4 is 19.4 Å². The van der Waals surface area contributed by atoms with E-state index < -0.39 is 0 Å². The van der Waals surface area contributed by atoms with Gasteiger partial charge in [-0.25, -0.2) is 4.57 Å². The third-order valence-electron chi connectivity index (χ3n) is 7.71. The highest BCUT2D eigenvalue weighted by Crippen LogP contribution is 2.32. The fourth-order valence-corrected chi connectivity index (χ4v) is 5.57. The number of carbonyl (C=O) groups excluding carboxylic acids is 1. The van der Waals surface area contributed by atoms with Crippen molar-refractivity contribution < 1.29 is 18.8 Å². The Morgan fingerprint density at radius 1 is 0.762 bits per heavy atom. The van der Waals surface area contributed by atoms with Crippen LogP contribution in [0.1, 0.15) is 106 Å². The summed E-state index contributed by atoms with van der Waals surface area (Å²) in [5, 5.41) is 3.14. The second-order valence-corrected chi connectivity index (χ2v) is 11.6. The predicted molar refractivity (Wildman–Crippen MR) is 174 cm³/mol. The summed E-state index contributed by atoms with van der Waals surface area (Å²) in [6.45, 7) is 7.79. The minimum Gasteiger partial charge on any atom is -0.493 e. The number of amides is 1. The number of hydrogen-bond donors (Lipinski definition) is 1. The number of nitrogens with zero attached hydrogens (tertiary/aromatic N) is 1. The summed E-state index contributed by atoms with van der Waals surface area (Å²) in [6, 6.07) is 15.9. The monoisotopic (exact) mass is 573 g/mol. The van der Waals surface area contributed by atoms with Crippen molar-refractivity contribution in [1.82, 2.24) is 0 Å². The molecule has 1 amide bonds. The number of methoxy groups -OCH3 is 1. The van der Waals surface area contributed by atoms with Crippen LogP contribution in [0.5, 0.6) is 11.5 Å². The topological polar surface area (TPSA) is 51.4 Å². The van der Waals surface area contributed by atoms with Gasteiger partial charge in [0, 0.05) is 22.3 Å². The summed E-state index contributed by atoms with van der Waals surface area (Å²) in [6.07, 6.45) is 20.2. The molecule has 42 heavy (non-hydrogen) atoms. The number of anilines is 1. The Labute approximate surface area is 254 Å². The average molecular weight is 574 g/mol. The molecule has 5 nitrogen and oxygen atoms in total. The standard InChI is InChI=1S/C37H52N2O3/c1-5-6-7-8-9-10-11-12-13-14-15-18-24-42-37-32(21-19-23-35(37)41-4)26-36(40)38-34-22-17-16-20-33(34)29-39-27-30(2)25-31(3)28-39/h16-17,19-23,25,27-28H,5-15,18,24,26,29H2,1-4H3/p+1. The first-order chi connectivity index (χ1) is 20.5. The smallest absolute Gasteiger partial charge is 0.228 e. The molecule has 0 saturated carbocycles. The quantitative estimate of drug-likeness (QED) is 0.108. The number of para-hydroxylation sites is 2. The van der Waals surface area contributed by atoms with Crippen molar-refractivity contribution in [2.75, 3.05) is 19.0 Å². The van der Waals surface area contributed by atoms with Crippen molar-refractivity contribution >= 4 is 11.6 Å². The molecule has 1 aromatic heterocycles. The van der Waals surface area contributed by atoms with Crippen LogP contribution in [0.3, 0.4) is 0 Å². The fourth-order valence-electron chi connectivity index (χ4n) is 5.57. The normalized spacial score (nSPS) is 11.0. The van der Waals surface area contributed by atoms with Crippen molar-refractivity contribution in [3.05, 3.63) is 83.2 Å². The van der Waals surface area contributed by atoms with E-state index in [0.29, 0.717) is 24.7 Å². The molecule has 0 bridgehead atoms. The summed E-state index contributed by atoms with van der Waals surface area (Å²) in [5.74, 6) is 1.28. The Morgan fingerprint density at radius 3 is 2.00 bits per heavy atom. The Kier molecular flexibility index (Phi) is 15.0. The Hall–Kier alpha value is -3.34. The molecule has 228 valence electrons. The molecule has 0 unspecified atom stereocenters. The zero-order valence-electron chi connectivity index (χ0n) is 26.6. The number of hydrogen-bond acceptors (Lipinski definition) is 3. The van der Waals surface area contributed by atoms with Crippen LogP contribution in [-0.2, 0) is 17.8 Å². The second-order valence-electron chi connectivity index (χ2n) is 11.6. The largest absolute Gasteiger partial charge is 0.493 e. The summed E-state index contributed by atoms with van der Waals surface area (Å²) < 4.78 is 14.0. The Bertz CT molecular complexity index is 1200. The highest BCUT2D eigenvalue weighted by Gasteiger charge is 2.16. The van der Waals surface area contributed by atoms with Crippen LogP contribution >= 0.6 is 0 Å². The molecular weight excluding hydrogens is 520 g/mol. The third kappa shape index (κ3) is 11.9. The van der Waals surface area contributed by atoms with Crippen LogP contribution in [0.2, 0.25) is 0 Å². The van der Waals surface area contributed by atoms with Crippen molar-refractivity contribution in [2.45, 2.75) is 111 Å². The number of carbonyl (C=O) groups is 1. The summed E-state index contributed by atoms with van der Waals surface area (Å²) >= 11 is 0. The molecule has 0 saturated heterocycles. The Morgan fingerprint density at radius 2 is 1.36 bits per heavy atom. The number of unbranched alkanes of at least 4 members (excludes halogenated alkanes) is 11. The first-order valence-electron chi connectivity index (χ1n) is 16.1. The molecule has 2 aromatic carbocycles. The number of pyridine rings is 1. The van der Waals surface area contributed by atoms with Gasteiger partial charge in [0.2, 0.25) is 5.91 Å². The minimum atomic E-state index is -0.0728. The molecule has 0 fully saturated rings. The summed E-state index contributed by atoms with van der Waals surface area (Å²) in [4.78, 5) is 13.2. The van der Waals surface area contributed by atoms with Crippen LogP contribution in [-0.4, -0.2) is 19.6 Å². The summed E-state index contributed by atoms with van der Waals surface area (Å²) in [5.41, 5.74) is 5.16. The number of ether oxygens (including phenoxy) is 2. The lowest BCUT2D eigenvalue weighted by atomic mass is 10.1. The van der Waals surface area contributed by atoms with E-state index in [9.17, 15) is 4.79 Å². The number of rotatable bonds is 20. The molecule has 0 aliphatic carbocycles. The van der Waals surface area contributed by atoms with Gasteiger partial charge < -0.3 is 14.8 Å². The molecule has 1 heterocycles. The first-order valence-corrected chi connectivity index (χ1v) is 16.1. The highest BCUT2D eigenvalue weighted by atomic mass is 16.5. The average Bonchev–Trinajstić information content (AvgIpc) is 2.96. The van der Waals surface area contributed by atoms with Gasteiger partial charge in [0.15, 0.2) is 30.4 Å². The lowest BCUT2D eigenvalue weighted by Gasteiger charge is -2.16. The fraction of sp³-hybridized carbons (Fsp3) is 0.514. The second kappa shape index (κ2) is 19.0. The van der Waals surface area contributed by atoms with Crippen molar-refractivity contribution in [1.29, 1.82) is 0 Å². The maximum Gasteiger partial charge on any atom is 0.228 e. The van der Waals surface area contributed by atoms with E-state index in [1.807, 2.05) is 36.4 Å². The molecule has 0 aliphatic rings. The molecule has 3 rings (SSSR count). The van der Waals surface area contributed by atoms with E-state index in [4.69, 9.17) is 9.47 Å². The van der Waals surface area contributed by atoms with Crippen molar-refractivity contribution in [3.63, 3.8) is 0 Å². The molecule has 1 N–H and O–H groups in total. The molecule has 0 spiro atoms. The zero-order valence-corrected chi connectivity index (χ0v) is 26.6. The molecular formula is C37H53N2O3+. The van der Waals surface area contributed by atoms with Crippen molar-refractivity contribution in [2.24, 2.45) is 0 Å². The van der Waals surface area contributed by atoms with Crippen molar-refractivity contribution in [3.8, 4) is 11.5 Å². The molecule has 5 heteroatoms. The maximum absolute atomic E-state index is 13.2. The van der Waals surface area contributed by atoms with Crippen LogP contribution in [0.25, 0.3) is 0 Å². The third-order valence-corrected chi connectivity index (χ3v) is 7.71. The van der Waals surface area contributed by atoms with E-state index >= 15 is 0 Å². The van der Waals surface area contributed by atoms with E-state index in [1.54, 1.807) is 7.11 Å². The number of aromatic nitrogens is 1. The van der Waals surface area contributed by atoms with E-state index in [1.165, 1.54) is 75.3 Å². The number of nitrogens with one attached hydrogen (secondary N) is 1. The lowest BCUT2D eigenvalue weighted by molar-refractivity contribution is -0.688. The minimum absolute atomic E-state index is 0.0728. The Balaban J connectivity index is 1.47. The summed E-state index contributed by atoms with van der Waals surface area (Å²) in [7, 11) is 1.65. The zero-order chi connectivity index (χ0) is 30.0. The van der Waals surface area contributed by atoms with E-state index in [0.717, 1.165) is 29.7 Å². The molecule has 0 atom stereocenters. The SMILES string of the molecule is CCCCCCCCCCCCCCOc1c(CC(=O)Nc2ccccc2C[n+]2cc(C)cc(C)c2)cccc1OC. The molecule has 0 aliphatic heterocycles. The van der Waals surface area contributed by atoms with Gasteiger partial charge in [-0.2, -0.15) is 0 Å².